The molecule has 2 rings (SSSR count). The van der Waals surface area contributed by atoms with E-state index in [1.165, 1.54) is 10.6 Å². The van der Waals surface area contributed by atoms with Gasteiger partial charge in [-0.1, -0.05) is 0 Å². The van der Waals surface area contributed by atoms with E-state index in [1.807, 2.05) is 6.07 Å². The van der Waals surface area contributed by atoms with E-state index in [0.29, 0.717) is 11.2 Å². The van der Waals surface area contributed by atoms with Gasteiger partial charge in [0.15, 0.2) is 11.2 Å². The summed E-state index contributed by atoms with van der Waals surface area (Å²) in [6.45, 7) is 0. The van der Waals surface area contributed by atoms with Gasteiger partial charge in [-0.15, -0.1) is 0 Å². The number of hydrogen-bond donors (Lipinski definition) is 0. The van der Waals surface area contributed by atoms with Gasteiger partial charge in [0.25, 0.3) is 0 Å². The van der Waals surface area contributed by atoms with Crippen molar-refractivity contribution in [1.82, 2.24) is 9.55 Å². The molecule has 2 aromatic heterocycles. The van der Waals surface area contributed by atoms with Crippen molar-refractivity contribution in [2.45, 2.75) is 0 Å². The third-order valence-corrected chi connectivity index (χ3v) is 1.99. The highest BCUT2D eigenvalue weighted by atomic mass is 16.4. The maximum Gasteiger partial charge on any atom is 0.420 e. The second-order valence-electron chi connectivity index (χ2n) is 2.98. The first-order valence-electron chi connectivity index (χ1n) is 4.24. The van der Waals surface area contributed by atoms with E-state index >= 15 is 0 Å². The maximum atomic E-state index is 11.1. The largest absolute Gasteiger partial charge is 0.420 e. The van der Waals surface area contributed by atoms with Crippen LogP contribution in [-0.2, 0) is 7.05 Å². The van der Waals surface area contributed by atoms with Crippen LogP contribution in [-0.4, -0.2) is 9.55 Å². The van der Waals surface area contributed by atoms with Crippen molar-refractivity contribution in [3.05, 3.63) is 34.5 Å². The summed E-state index contributed by atoms with van der Waals surface area (Å²) < 4.78 is 6.27. The lowest BCUT2D eigenvalue weighted by Gasteiger charge is -1.92. The fourth-order valence-electron chi connectivity index (χ4n) is 1.25. The van der Waals surface area contributed by atoms with Crippen molar-refractivity contribution in [3.63, 3.8) is 0 Å². The molecule has 0 saturated heterocycles. The molecule has 0 aliphatic rings. The molecule has 0 bridgehead atoms. The van der Waals surface area contributed by atoms with Gasteiger partial charge in [-0.25, -0.2) is 9.78 Å². The van der Waals surface area contributed by atoms with Crippen LogP contribution < -0.4 is 5.76 Å². The number of aromatic nitrogens is 2. The van der Waals surface area contributed by atoms with Gasteiger partial charge in [0, 0.05) is 19.3 Å². The minimum atomic E-state index is -0.445. The quantitative estimate of drug-likeness (QED) is 0.647. The van der Waals surface area contributed by atoms with E-state index < -0.39 is 5.76 Å². The van der Waals surface area contributed by atoms with Crippen LogP contribution in [0.25, 0.3) is 17.3 Å². The summed E-state index contributed by atoms with van der Waals surface area (Å²) in [5.74, 6) is -0.445. The number of oxazole rings is 1. The Labute approximate surface area is 84.9 Å². The minimum Gasteiger partial charge on any atom is -0.406 e. The van der Waals surface area contributed by atoms with Gasteiger partial charge >= 0.3 is 5.76 Å². The van der Waals surface area contributed by atoms with E-state index in [4.69, 9.17) is 9.68 Å². The van der Waals surface area contributed by atoms with Crippen molar-refractivity contribution in [2.75, 3.05) is 0 Å². The first kappa shape index (κ1) is 9.21. The van der Waals surface area contributed by atoms with E-state index in [0.717, 1.165) is 5.56 Å². The average Bonchev–Trinajstić information content (AvgIpc) is 2.52. The topological polar surface area (TPSA) is 71.8 Å². The van der Waals surface area contributed by atoms with Crippen LogP contribution in [0, 0.1) is 11.3 Å². The van der Waals surface area contributed by atoms with Crippen LogP contribution >= 0.6 is 0 Å². The number of nitriles is 1. The Hall–Kier alpha value is -2.35. The highest BCUT2D eigenvalue weighted by molar-refractivity contribution is 5.71. The monoisotopic (exact) mass is 201 g/mol. The van der Waals surface area contributed by atoms with Crippen molar-refractivity contribution in [3.8, 4) is 6.07 Å². The van der Waals surface area contributed by atoms with Gasteiger partial charge < -0.3 is 4.42 Å². The summed E-state index contributed by atoms with van der Waals surface area (Å²) in [5.41, 5.74) is 1.63. The molecule has 0 atom stereocenters. The van der Waals surface area contributed by atoms with Gasteiger partial charge in [-0.2, -0.15) is 5.26 Å². The third-order valence-electron chi connectivity index (χ3n) is 1.99. The zero-order valence-corrected chi connectivity index (χ0v) is 7.97. The highest BCUT2D eigenvalue weighted by Crippen LogP contribution is 2.11. The number of hydrogen-bond acceptors (Lipinski definition) is 4. The van der Waals surface area contributed by atoms with Crippen molar-refractivity contribution >= 4 is 17.3 Å². The molecule has 5 nitrogen and oxygen atoms in total. The van der Waals surface area contributed by atoms with Gasteiger partial charge in [-0.3, -0.25) is 4.57 Å². The van der Waals surface area contributed by atoms with Crippen LogP contribution in [0.5, 0.6) is 0 Å². The maximum absolute atomic E-state index is 11.1. The molecule has 0 radical (unpaired) electrons. The summed E-state index contributed by atoms with van der Waals surface area (Å²) in [4.78, 5) is 15.2. The SMILES string of the molecule is Cn1c(=O)oc2cc(/C=C/C#N)cnc21. The molecule has 0 spiro atoms. The molecular weight excluding hydrogens is 194 g/mol. The average molecular weight is 201 g/mol. The number of rotatable bonds is 1. The highest BCUT2D eigenvalue weighted by Gasteiger charge is 2.06. The Morgan fingerprint density at radius 1 is 1.67 bits per heavy atom. The lowest BCUT2D eigenvalue weighted by atomic mass is 10.2. The molecule has 0 aromatic carbocycles. The molecule has 74 valence electrons. The summed E-state index contributed by atoms with van der Waals surface area (Å²) >= 11 is 0. The van der Waals surface area contributed by atoms with E-state index in [2.05, 4.69) is 4.98 Å². The standard InChI is InChI=1S/C10H7N3O2/c1-13-9-8(15-10(13)14)5-7(6-12-9)3-2-4-11/h2-3,5-6H,1H3/b3-2+. The molecule has 0 amide bonds. The van der Waals surface area contributed by atoms with Gasteiger partial charge in [0.2, 0.25) is 0 Å². The molecule has 0 fully saturated rings. The van der Waals surface area contributed by atoms with Gasteiger partial charge in [-0.05, 0) is 17.7 Å². The molecule has 0 aliphatic carbocycles. The first-order chi connectivity index (χ1) is 7.22. The van der Waals surface area contributed by atoms with Crippen molar-refractivity contribution < 1.29 is 4.42 Å². The number of nitrogens with zero attached hydrogens (tertiary/aromatic N) is 3. The number of aryl methyl sites for hydroxylation is 1. The molecule has 0 unspecified atom stereocenters. The van der Waals surface area contributed by atoms with Crippen molar-refractivity contribution in [2.24, 2.45) is 7.05 Å². The fourth-order valence-corrected chi connectivity index (χ4v) is 1.25. The molecule has 5 heteroatoms. The summed E-state index contributed by atoms with van der Waals surface area (Å²) in [7, 11) is 1.59. The number of pyridine rings is 1. The Morgan fingerprint density at radius 2 is 2.47 bits per heavy atom. The first-order valence-corrected chi connectivity index (χ1v) is 4.24. The predicted molar refractivity (Wildman–Crippen MR) is 53.9 cm³/mol. The van der Waals surface area contributed by atoms with Gasteiger partial charge in [0.05, 0.1) is 6.07 Å². The van der Waals surface area contributed by atoms with Crippen LogP contribution in [0.4, 0.5) is 0 Å². The Balaban J connectivity index is 2.63. The van der Waals surface area contributed by atoms with Crippen LogP contribution in [0.2, 0.25) is 0 Å². The second kappa shape index (κ2) is 3.42. The Bertz CT molecular complexity index is 628. The number of fused-ring (bicyclic) bond motifs is 1. The van der Waals surface area contributed by atoms with E-state index in [1.54, 1.807) is 25.4 Å². The summed E-state index contributed by atoms with van der Waals surface area (Å²) in [5, 5.41) is 8.35. The van der Waals surface area contributed by atoms with Crippen LogP contribution in [0.15, 0.2) is 27.6 Å². The van der Waals surface area contributed by atoms with E-state index in [-0.39, 0.29) is 0 Å². The zero-order chi connectivity index (χ0) is 10.8. The fraction of sp³-hybridized carbons (Fsp3) is 0.100. The number of allylic oxidation sites excluding steroid dienone is 1. The molecule has 2 aromatic rings. The molecule has 15 heavy (non-hydrogen) atoms. The molecule has 0 aliphatic heterocycles. The van der Waals surface area contributed by atoms with Crippen LogP contribution in [0.3, 0.4) is 0 Å². The molecule has 2 heterocycles. The van der Waals surface area contributed by atoms with Crippen molar-refractivity contribution in [1.29, 1.82) is 5.26 Å². The summed E-state index contributed by atoms with van der Waals surface area (Å²) in [6, 6.07) is 3.54. The minimum absolute atomic E-state index is 0.419. The second-order valence-corrected chi connectivity index (χ2v) is 2.98. The lowest BCUT2D eigenvalue weighted by Crippen LogP contribution is -2.08. The normalized spacial score (nSPS) is 10.9. The lowest BCUT2D eigenvalue weighted by molar-refractivity contribution is 0.528. The molecular formula is C10H7N3O2. The third kappa shape index (κ3) is 1.53. The Kier molecular flexibility index (Phi) is 2.10. The van der Waals surface area contributed by atoms with Gasteiger partial charge in [0.1, 0.15) is 0 Å². The summed E-state index contributed by atoms with van der Waals surface area (Å²) in [6.07, 6.45) is 4.51. The zero-order valence-electron chi connectivity index (χ0n) is 7.97. The smallest absolute Gasteiger partial charge is 0.406 e. The van der Waals surface area contributed by atoms with E-state index in [9.17, 15) is 4.79 Å². The Morgan fingerprint density at radius 3 is 3.20 bits per heavy atom. The molecule has 0 N–H and O–H groups in total. The molecule has 0 saturated carbocycles. The van der Waals surface area contributed by atoms with Crippen LogP contribution in [0.1, 0.15) is 5.56 Å². The predicted octanol–water partition coefficient (Wildman–Crippen LogP) is 1.06.